The van der Waals surface area contributed by atoms with Gasteiger partial charge in [-0.3, -0.25) is 4.79 Å². The molecule has 1 fully saturated rings. The molecule has 1 saturated carbocycles. The van der Waals surface area contributed by atoms with Crippen LogP contribution in [0.25, 0.3) is 0 Å². The Morgan fingerprint density at radius 1 is 1.00 bits per heavy atom. The van der Waals surface area contributed by atoms with Crippen LogP contribution < -0.4 is 0 Å². The molecule has 1 aromatic rings. The lowest BCUT2D eigenvalue weighted by molar-refractivity contribution is 0.0940. The maximum Gasteiger partial charge on any atom is 0.195 e. The highest BCUT2D eigenvalue weighted by Gasteiger charge is 2.68. The topological polar surface area (TPSA) is 17.1 Å². The van der Waals surface area contributed by atoms with Gasteiger partial charge in [0.15, 0.2) is 23.2 Å². The molecule has 18 heavy (non-hydrogen) atoms. The van der Waals surface area contributed by atoms with Crippen LogP contribution in [0.3, 0.4) is 0 Å². The number of halogens is 3. The van der Waals surface area contributed by atoms with E-state index in [-0.39, 0.29) is 22.3 Å². The molecule has 1 aliphatic carbocycles. The zero-order valence-electron chi connectivity index (χ0n) is 10.8. The second-order valence-electron chi connectivity index (χ2n) is 5.96. The van der Waals surface area contributed by atoms with E-state index in [0.29, 0.717) is 0 Å². The second kappa shape index (κ2) is 3.59. The van der Waals surface area contributed by atoms with Crippen LogP contribution in [0, 0.1) is 34.2 Å². The highest BCUT2D eigenvalue weighted by Crippen LogP contribution is 2.69. The minimum atomic E-state index is -1.59. The van der Waals surface area contributed by atoms with Gasteiger partial charge in [0.1, 0.15) is 0 Å². The molecular formula is C14H15F3O. The van der Waals surface area contributed by atoms with Crippen molar-refractivity contribution >= 4 is 5.78 Å². The number of carbonyl (C=O) groups is 1. The van der Waals surface area contributed by atoms with Gasteiger partial charge in [-0.05, 0) is 23.0 Å². The van der Waals surface area contributed by atoms with Crippen molar-refractivity contribution in [1.82, 2.24) is 0 Å². The molecule has 1 nitrogen and oxygen atoms in total. The van der Waals surface area contributed by atoms with E-state index in [1.807, 2.05) is 27.7 Å². The standard InChI is InChI=1S/C14H15F3O/c1-13(2)12(14(13,3)4)11(18)7-5-6-8(15)10(17)9(7)16/h5-6,12H,1-4H3. The average molecular weight is 256 g/mol. The number of rotatable bonds is 2. The Kier molecular flexibility index (Phi) is 2.62. The van der Waals surface area contributed by atoms with Gasteiger partial charge < -0.3 is 0 Å². The van der Waals surface area contributed by atoms with Crippen LogP contribution in [0.4, 0.5) is 13.2 Å². The fourth-order valence-corrected chi connectivity index (χ4v) is 2.72. The molecule has 0 radical (unpaired) electrons. The third-order valence-electron chi connectivity index (χ3n) is 4.58. The number of hydrogen-bond acceptors (Lipinski definition) is 1. The van der Waals surface area contributed by atoms with Gasteiger partial charge in [-0.15, -0.1) is 0 Å². The first-order valence-electron chi connectivity index (χ1n) is 5.80. The van der Waals surface area contributed by atoms with Crippen molar-refractivity contribution in [3.8, 4) is 0 Å². The largest absolute Gasteiger partial charge is 0.294 e. The van der Waals surface area contributed by atoms with Gasteiger partial charge in [-0.1, -0.05) is 27.7 Å². The molecule has 0 aromatic heterocycles. The summed E-state index contributed by atoms with van der Waals surface area (Å²) in [6.07, 6.45) is 0. The quantitative estimate of drug-likeness (QED) is 0.578. The summed E-state index contributed by atoms with van der Waals surface area (Å²) < 4.78 is 39.5. The number of hydrogen-bond donors (Lipinski definition) is 0. The molecule has 0 bridgehead atoms. The fourth-order valence-electron chi connectivity index (χ4n) is 2.72. The summed E-state index contributed by atoms with van der Waals surface area (Å²) in [7, 11) is 0. The van der Waals surface area contributed by atoms with Crippen LogP contribution in [0.1, 0.15) is 38.1 Å². The van der Waals surface area contributed by atoms with Gasteiger partial charge in [0.05, 0.1) is 5.56 Å². The van der Waals surface area contributed by atoms with Gasteiger partial charge in [-0.25, -0.2) is 13.2 Å². The minimum Gasteiger partial charge on any atom is -0.294 e. The van der Waals surface area contributed by atoms with Crippen molar-refractivity contribution in [3.05, 3.63) is 35.1 Å². The zero-order chi connectivity index (χ0) is 13.9. The Bertz CT molecular complexity index is 518. The summed E-state index contributed by atoms with van der Waals surface area (Å²) in [5, 5.41) is 0. The maximum atomic E-state index is 13.6. The van der Waals surface area contributed by atoms with Crippen LogP contribution in [0.5, 0.6) is 0 Å². The lowest BCUT2D eigenvalue weighted by atomic mass is 10.0. The molecule has 0 aliphatic heterocycles. The molecule has 2 rings (SSSR count). The Hall–Kier alpha value is -1.32. The van der Waals surface area contributed by atoms with Gasteiger partial charge in [0.2, 0.25) is 0 Å². The SMILES string of the molecule is CC1(C)C(C(=O)c2ccc(F)c(F)c2F)C1(C)C. The lowest BCUT2D eigenvalue weighted by Gasteiger charge is -2.05. The first-order valence-corrected chi connectivity index (χ1v) is 5.80. The summed E-state index contributed by atoms with van der Waals surface area (Å²) >= 11 is 0. The number of Topliss-reactive ketones (excluding diaryl/α,β-unsaturated/α-hetero) is 1. The highest BCUT2D eigenvalue weighted by molar-refractivity contribution is 6.01. The predicted molar refractivity (Wildman–Crippen MR) is 61.7 cm³/mol. The Morgan fingerprint density at radius 3 is 1.94 bits per heavy atom. The van der Waals surface area contributed by atoms with Gasteiger partial charge in [-0.2, -0.15) is 0 Å². The van der Waals surface area contributed by atoms with E-state index in [1.54, 1.807) is 0 Å². The molecule has 98 valence electrons. The lowest BCUT2D eigenvalue weighted by Crippen LogP contribution is -2.11. The smallest absolute Gasteiger partial charge is 0.195 e. The number of carbonyl (C=O) groups excluding carboxylic acids is 1. The van der Waals surface area contributed by atoms with E-state index in [9.17, 15) is 18.0 Å². The van der Waals surface area contributed by atoms with Crippen LogP contribution in [0.15, 0.2) is 12.1 Å². The number of ketones is 1. The Morgan fingerprint density at radius 2 is 1.50 bits per heavy atom. The van der Waals surface area contributed by atoms with Gasteiger partial charge in [0.25, 0.3) is 0 Å². The van der Waals surface area contributed by atoms with Crippen molar-refractivity contribution in [2.45, 2.75) is 27.7 Å². The van der Waals surface area contributed by atoms with E-state index >= 15 is 0 Å². The number of benzene rings is 1. The summed E-state index contributed by atoms with van der Waals surface area (Å²) in [6.45, 7) is 7.64. The van der Waals surface area contributed by atoms with Crippen LogP contribution >= 0.6 is 0 Å². The van der Waals surface area contributed by atoms with Crippen molar-refractivity contribution < 1.29 is 18.0 Å². The van der Waals surface area contributed by atoms with E-state index in [0.717, 1.165) is 12.1 Å². The predicted octanol–water partition coefficient (Wildman–Crippen LogP) is 3.97. The fraction of sp³-hybridized carbons (Fsp3) is 0.500. The minimum absolute atomic E-state index is 0.263. The maximum absolute atomic E-state index is 13.6. The second-order valence-corrected chi connectivity index (χ2v) is 5.96. The summed E-state index contributed by atoms with van der Waals surface area (Å²) in [6, 6.07) is 1.80. The first kappa shape index (κ1) is 13.1. The summed E-state index contributed by atoms with van der Waals surface area (Å²) in [5.74, 6) is -5.08. The van der Waals surface area contributed by atoms with Crippen LogP contribution in [-0.2, 0) is 0 Å². The molecule has 1 aromatic carbocycles. The molecule has 0 heterocycles. The summed E-state index contributed by atoms with van der Waals surface area (Å²) in [4.78, 5) is 12.2. The molecule has 0 N–H and O–H groups in total. The van der Waals surface area contributed by atoms with Gasteiger partial charge in [0, 0.05) is 5.92 Å². The van der Waals surface area contributed by atoms with E-state index < -0.39 is 23.2 Å². The van der Waals surface area contributed by atoms with E-state index in [2.05, 4.69) is 0 Å². The average Bonchev–Trinajstić information content (AvgIpc) is 2.65. The summed E-state index contributed by atoms with van der Waals surface area (Å²) in [5.41, 5.74) is -0.888. The van der Waals surface area contributed by atoms with Crippen LogP contribution in [-0.4, -0.2) is 5.78 Å². The Labute approximate surface area is 104 Å². The van der Waals surface area contributed by atoms with Gasteiger partial charge >= 0.3 is 0 Å². The third kappa shape index (κ3) is 1.51. The third-order valence-corrected chi connectivity index (χ3v) is 4.58. The van der Waals surface area contributed by atoms with Crippen LogP contribution in [0.2, 0.25) is 0 Å². The molecule has 1 aliphatic rings. The molecule has 0 atom stereocenters. The van der Waals surface area contributed by atoms with Crippen molar-refractivity contribution in [2.75, 3.05) is 0 Å². The Balaban J connectivity index is 2.41. The first-order chi connectivity index (χ1) is 8.12. The monoisotopic (exact) mass is 256 g/mol. The molecular weight excluding hydrogens is 241 g/mol. The van der Waals surface area contributed by atoms with Crippen molar-refractivity contribution in [1.29, 1.82) is 0 Å². The highest BCUT2D eigenvalue weighted by atomic mass is 19.2. The molecule has 4 heteroatoms. The molecule has 0 spiro atoms. The zero-order valence-corrected chi connectivity index (χ0v) is 10.8. The normalized spacial score (nSPS) is 20.8. The van der Waals surface area contributed by atoms with E-state index in [1.165, 1.54) is 0 Å². The molecule has 0 unspecified atom stereocenters. The molecule has 0 saturated heterocycles. The molecule has 0 amide bonds. The van der Waals surface area contributed by atoms with Crippen molar-refractivity contribution in [3.63, 3.8) is 0 Å². The van der Waals surface area contributed by atoms with Crippen molar-refractivity contribution in [2.24, 2.45) is 16.7 Å². The van der Waals surface area contributed by atoms with E-state index in [4.69, 9.17) is 0 Å².